The van der Waals surface area contributed by atoms with Crippen molar-refractivity contribution in [1.82, 2.24) is 15.2 Å². The number of nitrogens with one attached hydrogen (secondary N) is 1. The smallest absolute Gasteiger partial charge is 0.268 e. The second kappa shape index (κ2) is 8.97. The minimum absolute atomic E-state index is 0.304. The van der Waals surface area contributed by atoms with Crippen molar-refractivity contribution >= 4 is 28.8 Å². The van der Waals surface area contributed by atoms with Crippen LogP contribution in [-0.4, -0.2) is 60.5 Å². The number of methoxy groups -OCH3 is 1. The summed E-state index contributed by atoms with van der Waals surface area (Å²) in [5.74, 6) is -4.37. The molecule has 1 saturated heterocycles. The number of aromatic nitrogens is 1. The van der Waals surface area contributed by atoms with Crippen LogP contribution in [0.2, 0.25) is 0 Å². The maximum atomic E-state index is 13.5. The van der Waals surface area contributed by atoms with Crippen molar-refractivity contribution in [2.45, 2.75) is 18.4 Å². The van der Waals surface area contributed by atoms with Crippen LogP contribution in [0.3, 0.4) is 0 Å². The zero-order valence-corrected chi connectivity index (χ0v) is 16.3. The number of hydrogen-bond donors (Lipinski definition) is 1. The topological polar surface area (TPSA) is 95.3 Å². The molecule has 7 nitrogen and oxygen atoms in total. The van der Waals surface area contributed by atoms with Gasteiger partial charge in [0.1, 0.15) is 6.04 Å². The Morgan fingerprint density at radius 2 is 2.23 bits per heavy atom. The van der Waals surface area contributed by atoms with Gasteiger partial charge in [-0.25, -0.2) is 8.78 Å². The summed E-state index contributed by atoms with van der Waals surface area (Å²) in [6, 6.07) is 7.44. The summed E-state index contributed by atoms with van der Waals surface area (Å²) in [5.41, 5.74) is 1.74. The fraction of sp³-hybridized carbons (Fsp3) is 0.333. The van der Waals surface area contributed by atoms with Crippen molar-refractivity contribution in [3.05, 3.63) is 47.7 Å². The first-order valence-electron chi connectivity index (χ1n) is 9.24. The Hall–Kier alpha value is -3.38. The molecule has 1 fully saturated rings. The zero-order valence-electron chi connectivity index (χ0n) is 16.3. The molecule has 1 atom stereocenters. The second-order valence-corrected chi connectivity index (χ2v) is 6.90. The van der Waals surface area contributed by atoms with E-state index in [1.54, 1.807) is 25.3 Å². The lowest BCUT2D eigenvalue weighted by atomic mass is 10.1. The van der Waals surface area contributed by atoms with Crippen molar-refractivity contribution in [1.29, 1.82) is 5.26 Å². The largest absolute Gasteiger partial charge is 0.381 e. The Bertz CT molecular complexity index is 1030. The number of nitrogens with zero attached hydrogens (tertiary/aromatic N) is 3. The number of benzene rings is 1. The molecule has 1 aromatic heterocycles. The fourth-order valence-electron chi connectivity index (χ4n) is 3.29. The van der Waals surface area contributed by atoms with Crippen LogP contribution in [0.25, 0.3) is 17.0 Å². The lowest BCUT2D eigenvalue weighted by Crippen LogP contribution is -2.43. The molecule has 1 aromatic carbocycles. The lowest BCUT2D eigenvalue weighted by Gasteiger charge is -2.19. The highest BCUT2D eigenvalue weighted by atomic mass is 19.3. The maximum absolute atomic E-state index is 13.5. The third-order valence-electron chi connectivity index (χ3n) is 4.72. The van der Waals surface area contributed by atoms with Crippen LogP contribution in [0.5, 0.6) is 0 Å². The van der Waals surface area contributed by atoms with E-state index in [0.717, 1.165) is 10.5 Å². The SMILES string of the molecule is COCC=Cc1ccc2nccc(C(=O)NCC(=O)N3CC(F)(F)CC3C#N)c2c1. The van der Waals surface area contributed by atoms with Crippen LogP contribution in [0.15, 0.2) is 36.5 Å². The number of carbonyl (C=O) groups is 2. The van der Waals surface area contributed by atoms with Gasteiger partial charge in [0, 0.05) is 25.1 Å². The van der Waals surface area contributed by atoms with E-state index in [-0.39, 0.29) is 0 Å². The van der Waals surface area contributed by atoms with Crippen molar-refractivity contribution in [3.8, 4) is 6.07 Å². The van der Waals surface area contributed by atoms with Gasteiger partial charge in [-0.2, -0.15) is 5.26 Å². The molecule has 0 saturated carbocycles. The highest BCUT2D eigenvalue weighted by molar-refractivity contribution is 6.07. The number of fused-ring (bicyclic) bond motifs is 1. The summed E-state index contributed by atoms with van der Waals surface area (Å²) in [7, 11) is 1.58. The third kappa shape index (κ3) is 4.78. The molecular weight excluding hydrogens is 394 g/mol. The first-order valence-corrected chi connectivity index (χ1v) is 9.24. The van der Waals surface area contributed by atoms with Crippen LogP contribution >= 0.6 is 0 Å². The Morgan fingerprint density at radius 1 is 1.43 bits per heavy atom. The van der Waals surface area contributed by atoms with Gasteiger partial charge in [0.25, 0.3) is 11.8 Å². The second-order valence-electron chi connectivity index (χ2n) is 6.90. The first-order chi connectivity index (χ1) is 14.3. The molecule has 0 spiro atoms. The van der Waals surface area contributed by atoms with Gasteiger partial charge >= 0.3 is 0 Å². The number of nitriles is 1. The molecule has 2 heterocycles. The van der Waals surface area contributed by atoms with Crippen LogP contribution in [0.1, 0.15) is 22.3 Å². The Balaban J connectivity index is 1.74. The number of ether oxygens (including phenoxy) is 1. The fourth-order valence-corrected chi connectivity index (χ4v) is 3.29. The van der Waals surface area contributed by atoms with Crippen molar-refractivity contribution in [2.75, 3.05) is 26.8 Å². The van der Waals surface area contributed by atoms with Gasteiger partial charge in [-0.1, -0.05) is 18.2 Å². The minimum Gasteiger partial charge on any atom is -0.381 e. The molecule has 1 aliphatic rings. The van der Waals surface area contributed by atoms with Crippen molar-refractivity contribution in [2.24, 2.45) is 0 Å². The average Bonchev–Trinajstić information content (AvgIpc) is 3.06. The molecule has 30 heavy (non-hydrogen) atoms. The number of pyridine rings is 1. The van der Waals surface area contributed by atoms with E-state index in [4.69, 9.17) is 10.00 Å². The zero-order chi connectivity index (χ0) is 21.7. The maximum Gasteiger partial charge on any atom is 0.268 e. The Morgan fingerprint density at radius 3 is 2.97 bits per heavy atom. The van der Waals surface area contributed by atoms with Gasteiger partial charge in [-0.3, -0.25) is 14.6 Å². The quantitative estimate of drug-likeness (QED) is 0.783. The minimum atomic E-state index is -3.10. The summed E-state index contributed by atoms with van der Waals surface area (Å²) >= 11 is 0. The van der Waals surface area contributed by atoms with E-state index in [9.17, 15) is 18.4 Å². The predicted molar refractivity (Wildman–Crippen MR) is 106 cm³/mol. The van der Waals surface area contributed by atoms with Gasteiger partial charge in [-0.15, -0.1) is 0 Å². The van der Waals surface area contributed by atoms with E-state index in [2.05, 4.69) is 10.3 Å². The van der Waals surface area contributed by atoms with Crippen molar-refractivity contribution < 1.29 is 23.1 Å². The number of amides is 2. The predicted octanol–water partition coefficient (Wildman–Crippen LogP) is 2.38. The first kappa shape index (κ1) is 21.3. The molecule has 2 aromatic rings. The number of carbonyl (C=O) groups excluding carboxylic acids is 2. The Labute approximate surface area is 171 Å². The Kier molecular flexibility index (Phi) is 6.37. The number of halogens is 2. The normalized spacial score (nSPS) is 17.9. The molecule has 1 N–H and O–H groups in total. The molecule has 9 heteroatoms. The van der Waals surface area contributed by atoms with E-state index < -0.39 is 43.3 Å². The summed E-state index contributed by atoms with van der Waals surface area (Å²) in [6.45, 7) is -0.862. The van der Waals surface area contributed by atoms with E-state index in [1.165, 1.54) is 12.3 Å². The van der Waals surface area contributed by atoms with Gasteiger partial charge in [0.2, 0.25) is 5.91 Å². The van der Waals surface area contributed by atoms with E-state index in [1.807, 2.05) is 18.2 Å². The van der Waals surface area contributed by atoms with Gasteiger partial charge in [-0.05, 0) is 23.8 Å². The summed E-state index contributed by atoms with van der Waals surface area (Å²) < 4.78 is 32.0. The number of rotatable bonds is 6. The number of hydrogen-bond acceptors (Lipinski definition) is 5. The summed E-state index contributed by atoms with van der Waals surface area (Å²) in [6.07, 6.45) is 4.45. The molecule has 0 bridgehead atoms. The molecule has 0 radical (unpaired) electrons. The number of likely N-dealkylation sites (tertiary alicyclic amines) is 1. The molecule has 3 rings (SSSR count). The molecule has 1 unspecified atom stereocenters. The molecular formula is C21H20F2N4O3. The lowest BCUT2D eigenvalue weighted by molar-refractivity contribution is -0.131. The third-order valence-corrected chi connectivity index (χ3v) is 4.72. The van der Waals surface area contributed by atoms with Crippen LogP contribution < -0.4 is 5.32 Å². The van der Waals surface area contributed by atoms with Crippen LogP contribution in [0.4, 0.5) is 8.78 Å². The molecule has 156 valence electrons. The summed E-state index contributed by atoms with van der Waals surface area (Å²) in [5, 5.41) is 12.1. The highest BCUT2D eigenvalue weighted by Gasteiger charge is 2.47. The number of alkyl halides is 2. The monoisotopic (exact) mass is 414 g/mol. The average molecular weight is 414 g/mol. The molecule has 0 aliphatic carbocycles. The molecule has 1 aliphatic heterocycles. The van der Waals surface area contributed by atoms with E-state index in [0.29, 0.717) is 23.1 Å². The summed E-state index contributed by atoms with van der Waals surface area (Å²) in [4.78, 5) is 30.0. The van der Waals surface area contributed by atoms with Gasteiger partial charge < -0.3 is 15.0 Å². The standard InChI is InChI=1S/C21H20F2N4O3/c1-30-8-2-3-14-4-5-18-17(9-14)16(6-7-25-18)20(29)26-12-19(28)27-13-21(22,23)10-15(27)11-24/h2-7,9,15H,8,10,12-13H2,1H3,(H,26,29). The van der Waals surface area contributed by atoms with Crippen LogP contribution in [0, 0.1) is 11.3 Å². The van der Waals surface area contributed by atoms with Gasteiger partial charge in [0.15, 0.2) is 0 Å². The van der Waals surface area contributed by atoms with Gasteiger partial charge in [0.05, 0.1) is 36.8 Å². The highest BCUT2D eigenvalue weighted by Crippen LogP contribution is 2.31. The van der Waals surface area contributed by atoms with Crippen LogP contribution in [-0.2, 0) is 9.53 Å². The van der Waals surface area contributed by atoms with Crippen molar-refractivity contribution in [3.63, 3.8) is 0 Å². The molecule has 2 amide bonds. The van der Waals surface area contributed by atoms with E-state index >= 15 is 0 Å².